The molecule has 2 N–H and O–H groups in total. The van der Waals surface area contributed by atoms with Crippen LogP contribution in [0.15, 0.2) is 0 Å². The van der Waals surface area contributed by atoms with Gasteiger partial charge in [0, 0.05) is 24.5 Å². The minimum Gasteiger partial charge on any atom is -0.327 e. The Morgan fingerprint density at radius 2 is 1.93 bits per heavy atom. The first kappa shape index (κ1) is 11.0. The van der Waals surface area contributed by atoms with Crippen molar-refractivity contribution >= 4 is 0 Å². The summed E-state index contributed by atoms with van der Waals surface area (Å²) in [5, 5.41) is 0. The number of rotatable bonds is 2. The van der Waals surface area contributed by atoms with Gasteiger partial charge >= 0.3 is 0 Å². The Balaban J connectivity index is 1.92. The normalized spacial score (nSPS) is 37.1. The molecule has 2 aliphatic rings. The largest absolute Gasteiger partial charge is 0.327 e. The molecular weight excluding hydrogens is 184 g/mol. The Morgan fingerprint density at radius 3 is 2.47 bits per heavy atom. The summed E-state index contributed by atoms with van der Waals surface area (Å²) in [6.45, 7) is 1.89. The smallest absolute Gasteiger partial charge is 0.0243 e. The topological polar surface area (TPSA) is 29.3 Å². The van der Waals surface area contributed by atoms with Crippen molar-refractivity contribution in [1.29, 1.82) is 0 Å². The van der Waals surface area contributed by atoms with E-state index in [1.54, 1.807) is 0 Å². The van der Waals surface area contributed by atoms with Gasteiger partial charge in [0.15, 0.2) is 0 Å². The van der Waals surface area contributed by atoms with Crippen molar-refractivity contribution < 1.29 is 0 Å². The molecule has 2 nitrogen and oxygen atoms in total. The maximum absolute atomic E-state index is 6.21. The van der Waals surface area contributed by atoms with Crippen LogP contribution in [0.4, 0.5) is 0 Å². The maximum atomic E-state index is 6.21. The van der Waals surface area contributed by atoms with Crippen molar-refractivity contribution in [3.8, 4) is 11.8 Å². The lowest BCUT2D eigenvalue weighted by Gasteiger charge is -2.38. The zero-order valence-electron chi connectivity index (χ0n) is 9.87. The van der Waals surface area contributed by atoms with Gasteiger partial charge in [0.2, 0.25) is 0 Å². The zero-order valence-corrected chi connectivity index (χ0v) is 9.87. The van der Waals surface area contributed by atoms with Gasteiger partial charge in [0.05, 0.1) is 0 Å². The van der Waals surface area contributed by atoms with Crippen LogP contribution in [-0.2, 0) is 0 Å². The minimum atomic E-state index is 0.300. The molecule has 2 rings (SSSR count). The number of piperidine rings is 1. The molecule has 3 unspecified atom stereocenters. The molecule has 3 atom stereocenters. The van der Waals surface area contributed by atoms with Crippen LogP contribution >= 0.6 is 0 Å². The standard InChI is InChI=1S/C13H22N2/c1-3-4-5-13(14)10-8-11-6-7-12(9-10)15(11)2/h10-13H,5-9,14H2,1-2H3. The van der Waals surface area contributed by atoms with E-state index in [2.05, 4.69) is 23.8 Å². The summed E-state index contributed by atoms with van der Waals surface area (Å²) in [6, 6.07) is 1.90. The van der Waals surface area contributed by atoms with E-state index in [0.29, 0.717) is 12.0 Å². The molecule has 2 bridgehead atoms. The van der Waals surface area contributed by atoms with Crippen LogP contribution in [-0.4, -0.2) is 30.1 Å². The highest BCUT2D eigenvalue weighted by Gasteiger charge is 2.39. The highest BCUT2D eigenvalue weighted by atomic mass is 15.2. The summed E-state index contributed by atoms with van der Waals surface area (Å²) in [5.41, 5.74) is 6.21. The SMILES string of the molecule is CC#CCC(N)C1CC2CCC(C1)N2C. The minimum absolute atomic E-state index is 0.300. The first-order valence-electron chi connectivity index (χ1n) is 6.09. The Kier molecular flexibility index (Phi) is 3.33. The van der Waals surface area contributed by atoms with Crippen LogP contribution in [0.2, 0.25) is 0 Å². The molecule has 2 fully saturated rings. The van der Waals surface area contributed by atoms with Crippen LogP contribution in [0.1, 0.15) is 39.0 Å². The average Bonchev–Trinajstić information content (AvgIpc) is 2.49. The third-order valence-corrected chi connectivity index (χ3v) is 4.25. The molecule has 2 heterocycles. The molecule has 15 heavy (non-hydrogen) atoms. The highest BCUT2D eigenvalue weighted by Crippen LogP contribution is 2.38. The number of nitrogens with two attached hydrogens (primary N) is 1. The summed E-state index contributed by atoms with van der Waals surface area (Å²) < 4.78 is 0. The van der Waals surface area contributed by atoms with Crippen LogP contribution in [0.5, 0.6) is 0 Å². The van der Waals surface area contributed by atoms with Crippen molar-refractivity contribution in [2.45, 2.75) is 57.2 Å². The van der Waals surface area contributed by atoms with Crippen molar-refractivity contribution in [3.63, 3.8) is 0 Å². The van der Waals surface area contributed by atoms with E-state index in [-0.39, 0.29) is 0 Å². The highest BCUT2D eigenvalue weighted by molar-refractivity contribution is 5.02. The molecule has 0 aromatic carbocycles. The first-order chi connectivity index (χ1) is 7.22. The molecule has 0 aromatic heterocycles. The Bertz CT molecular complexity index is 262. The summed E-state index contributed by atoms with van der Waals surface area (Å²) in [5.74, 6) is 6.77. The van der Waals surface area contributed by atoms with E-state index in [1.807, 2.05) is 6.92 Å². The summed E-state index contributed by atoms with van der Waals surface area (Å²) in [6.07, 6.45) is 6.22. The van der Waals surface area contributed by atoms with Crippen molar-refractivity contribution in [3.05, 3.63) is 0 Å². The van der Waals surface area contributed by atoms with E-state index in [1.165, 1.54) is 25.7 Å². The molecule has 0 spiro atoms. The molecule has 2 saturated heterocycles. The number of hydrogen-bond donors (Lipinski definition) is 1. The van der Waals surface area contributed by atoms with Crippen molar-refractivity contribution in [2.75, 3.05) is 7.05 Å². The summed E-state index contributed by atoms with van der Waals surface area (Å²) in [4.78, 5) is 2.56. The van der Waals surface area contributed by atoms with Gasteiger partial charge in [0.25, 0.3) is 0 Å². The van der Waals surface area contributed by atoms with E-state index in [0.717, 1.165) is 18.5 Å². The maximum Gasteiger partial charge on any atom is 0.0243 e. The van der Waals surface area contributed by atoms with Gasteiger partial charge in [-0.3, -0.25) is 0 Å². The molecule has 0 aliphatic carbocycles. The molecule has 2 heteroatoms. The first-order valence-corrected chi connectivity index (χ1v) is 6.09. The van der Waals surface area contributed by atoms with Gasteiger partial charge in [-0.2, -0.15) is 0 Å². The second kappa shape index (κ2) is 4.55. The average molecular weight is 206 g/mol. The van der Waals surface area contributed by atoms with Crippen molar-refractivity contribution in [1.82, 2.24) is 4.90 Å². The van der Waals surface area contributed by atoms with Crippen LogP contribution in [0.3, 0.4) is 0 Å². The second-order valence-corrected chi connectivity index (χ2v) is 5.08. The molecule has 0 amide bonds. The zero-order chi connectivity index (χ0) is 10.8. The summed E-state index contributed by atoms with van der Waals surface area (Å²) >= 11 is 0. The van der Waals surface area contributed by atoms with Gasteiger partial charge in [-0.25, -0.2) is 0 Å². The quantitative estimate of drug-likeness (QED) is 0.695. The molecule has 2 aliphatic heterocycles. The number of hydrogen-bond acceptors (Lipinski definition) is 2. The Morgan fingerprint density at radius 1 is 1.33 bits per heavy atom. The fourth-order valence-electron chi connectivity index (χ4n) is 3.19. The lowest BCUT2D eigenvalue weighted by molar-refractivity contribution is 0.121. The lowest BCUT2D eigenvalue weighted by atomic mass is 9.84. The molecule has 0 aromatic rings. The molecule has 0 radical (unpaired) electrons. The van der Waals surface area contributed by atoms with Crippen LogP contribution in [0.25, 0.3) is 0 Å². The monoisotopic (exact) mass is 206 g/mol. The third-order valence-electron chi connectivity index (χ3n) is 4.25. The van der Waals surface area contributed by atoms with Crippen LogP contribution in [0, 0.1) is 17.8 Å². The fourth-order valence-corrected chi connectivity index (χ4v) is 3.19. The van der Waals surface area contributed by atoms with Gasteiger partial charge in [-0.05, 0) is 45.6 Å². The van der Waals surface area contributed by atoms with E-state index < -0.39 is 0 Å². The predicted molar refractivity (Wildman–Crippen MR) is 63.3 cm³/mol. The predicted octanol–water partition coefficient (Wildman–Crippen LogP) is 1.60. The number of nitrogens with zero attached hydrogens (tertiary/aromatic N) is 1. The lowest BCUT2D eigenvalue weighted by Crippen LogP contribution is -2.45. The Hall–Kier alpha value is -0.520. The van der Waals surface area contributed by atoms with Gasteiger partial charge in [-0.15, -0.1) is 11.8 Å². The third kappa shape index (κ3) is 2.19. The van der Waals surface area contributed by atoms with E-state index in [4.69, 9.17) is 5.73 Å². The van der Waals surface area contributed by atoms with E-state index in [9.17, 15) is 0 Å². The van der Waals surface area contributed by atoms with Gasteiger partial charge in [-0.1, -0.05) is 0 Å². The van der Waals surface area contributed by atoms with Crippen molar-refractivity contribution in [2.24, 2.45) is 11.7 Å². The molecule has 0 saturated carbocycles. The number of fused-ring (bicyclic) bond motifs is 2. The fraction of sp³-hybridized carbons (Fsp3) is 0.846. The molecular formula is C13H22N2. The van der Waals surface area contributed by atoms with Crippen LogP contribution < -0.4 is 5.73 Å². The second-order valence-electron chi connectivity index (χ2n) is 5.08. The van der Waals surface area contributed by atoms with Gasteiger partial charge in [0.1, 0.15) is 0 Å². The van der Waals surface area contributed by atoms with Gasteiger partial charge < -0.3 is 10.6 Å². The Labute approximate surface area is 93.2 Å². The molecule has 84 valence electrons. The summed E-state index contributed by atoms with van der Waals surface area (Å²) in [7, 11) is 2.27. The van der Waals surface area contributed by atoms with E-state index >= 15 is 0 Å².